The molecule has 0 spiro atoms. The lowest BCUT2D eigenvalue weighted by Crippen LogP contribution is -2.30. The molecule has 1 aliphatic rings. The third kappa shape index (κ3) is 3.29. The molecule has 0 bridgehead atoms. The van der Waals surface area contributed by atoms with Crippen LogP contribution in [-0.2, 0) is 11.3 Å². The zero-order valence-electron chi connectivity index (χ0n) is 12.2. The van der Waals surface area contributed by atoms with Gasteiger partial charge in [0.05, 0.1) is 6.54 Å². The van der Waals surface area contributed by atoms with Crippen LogP contribution in [0.15, 0.2) is 36.8 Å². The molecule has 1 amide bonds. The van der Waals surface area contributed by atoms with Gasteiger partial charge in [0.2, 0.25) is 5.91 Å². The molecule has 1 fully saturated rings. The molecule has 1 saturated carbocycles. The lowest BCUT2D eigenvalue weighted by Gasteiger charge is -2.30. The first-order valence-electron chi connectivity index (χ1n) is 7.45. The van der Waals surface area contributed by atoms with Crippen molar-refractivity contribution in [1.29, 1.82) is 0 Å². The topological polar surface area (TPSA) is 59.8 Å². The van der Waals surface area contributed by atoms with E-state index < -0.39 is 0 Å². The number of rotatable bonds is 5. The van der Waals surface area contributed by atoms with E-state index in [9.17, 15) is 4.79 Å². The molecule has 21 heavy (non-hydrogen) atoms. The minimum absolute atomic E-state index is 0.0732. The molecule has 1 aliphatic carbocycles. The lowest BCUT2D eigenvalue weighted by atomic mass is 9.76. The van der Waals surface area contributed by atoms with Crippen molar-refractivity contribution in [2.24, 2.45) is 11.8 Å². The second kappa shape index (κ2) is 6.08. The van der Waals surface area contributed by atoms with Gasteiger partial charge in [-0.05, 0) is 36.5 Å². The first kappa shape index (κ1) is 13.8. The van der Waals surface area contributed by atoms with Crippen molar-refractivity contribution in [2.75, 3.05) is 5.32 Å². The number of hydrogen-bond donors (Lipinski definition) is 1. The maximum Gasteiger partial charge on any atom is 0.228 e. The fraction of sp³-hybridized carbons (Fsp3) is 0.438. The second-order valence-corrected chi connectivity index (χ2v) is 5.72. The van der Waals surface area contributed by atoms with Gasteiger partial charge in [-0.1, -0.05) is 13.3 Å². The number of nitrogens with one attached hydrogen (secondary N) is 1. The largest absolute Gasteiger partial charge is 0.309 e. The van der Waals surface area contributed by atoms with Crippen LogP contribution >= 0.6 is 0 Å². The van der Waals surface area contributed by atoms with E-state index in [1.54, 1.807) is 12.4 Å². The zero-order chi connectivity index (χ0) is 14.7. The summed E-state index contributed by atoms with van der Waals surface area (Å²) in [7, 11) is 0. The van der Waals surface area contributed by atoms with Gasteiger partial charge < -0.3 is 5.32 Å². The van der Waals surface area contributed by atoms with E-state index >= 15 is 0 Å². The van der Waals surface area contributed by atoms with Crippen LogP contribution in [0.4, 0.5) is 5.82 Å². The highest BCUT2D eigenvalue weighted by Gasteiger charge is 2.29. The number of amides is 1. The Kier molecular flexibility index (Phi) is 3.99. The zero-order valence-corrected chi connectivity index (χ0v) is 12.2. The Labute approximate surface area is 124 Å². The van der Waals surface area contributed by atoms with Crippen LogP contribution in [-0.4, -0.2) is 20.7 Å². The minimum atomic E-state index is 0.0732. The van der Waals surface area contributed by atoms with E-state index in [0.29, 0.717) is 18.3 Å². The second-order valence-electron chi connectivity index (χ2n) is 5.72. The average Bonchev–Trinajstić information content (AvgIpc) is 2.85. The Hall–Kier alpha value is -2.17. The summed E-state index contributed by atoms with van der Waals surface area (Å²) in [6.07, 6.45) is 9.01. The van der Waals surface area contributed by atoms with Gasteiger partial charge in [-0.2, -0.15) is 5.10 Å². The smallest absolute Gasteiger partial charge is 0.228 e. The summed E-state index contributed by atoms with van der Waals surface area (Å²) in [4.78, 5) is 16.1. The number of anilines is 1. The third-order valence-electron chi connectivity index (χ3n) is 4.26. The Balaban J connectivity index is 1.58. The van der Waals surface area contributed by atoms with Crippen molar-refractivity contribution >= 4 is 11.7 Å². The third-order valence-corrected chi connectivity index (χ3v) is 4.26. The van der Waals surface area contributed by atoms with Gasteiger partial charge in [0, 0.05) is 30.6 Å². The van der Waals surface area contributed by atoms with Crippen molar-refractivity contribution in [2.45, 2.75) is 32.7 Å². The molecule has 2 aromatic heterocycles. The van der Waals surface area contributed by atoms with Crippen LogP contribution < -0.4 is 5.32 Å². The van der Waals surface area contributed by atoms with Gasteiger partial charge in [-0.15, -0.1) is 0 Å². The standard InChI is InChI=1S/C16H20N4O/c1-12(14-3-2-4-14)16(21)18-15-7-10-20(19-15)11-13-5-8-17-9-6-13/h5-10,12,14H,2-4,11H2,1H3,(H,18,19,21). The van der Waals surface area contributed by atoms with Crippen LogP contribution in [0.2, 0.25) is 0 Å². The first-order valence-corrected chi connectivity index (χ1v) is 7.45. The highest BCUT2D eigenvalue weighted by Crippen LogP contribution is 2.33. The normalized spacial score (nSPS) is 16.2. The number of pyridine rings is 1. The van der Waals surface area contributed by atoms with E-state index in [0.717, 1.165) is 5.56 Å². The predicted octanol–water partition coefficient (Wildman–Crippen LogP) is 2.70. The molecule has 2 aromatic rings. The van der Waals surface area contributed by atoms with Gasteiger partial charge in [-0.25, -0.2) is 0 Å². The van der Waals surface area contributed by atoms with E-state index in [1.807, 2.05) is 36.0 Å². The summed E-state index contributed by atoms with van der Waals surface area (Å²) < 4.78 is 1.82. The van der Waals surface area contributed by atoms with Gasteiger partial charge in [0.25, 0.3) is 0 Å². The van der Waals surface area contributed by atoms with Crippen LogP contribution in [0, 0.1) is 11.8 Å². The van der Waals surface area contributed by atoms with Crippen molar-refractivity contribution in [3.05, 3.63) is 42.4 Å². The Morgan fingerprint density at radius 1 is 1.38 bits per heavy atom. The first-order chi connectivity index (χ1) is 10.2. The lowest BCUT2D eigenvalue weighted by molar-refractivity contribution is -0.121. The van der Waals surface area contributed by atoms with Crippen LogP contribution in [0.25, 0.3) is 0 Å². The van der Waals surface area contributed by atoms with Gasteiger partial charge in [0.1, 0.15) is 0 Å². The van der Waals surface area contributed by atoms with E-state index in [4.69, 9.17) is 0 Å². The minimum Gasteiger partial charge on any atom is -0.309 e. The molecule has 0 aromatic carbocycles. The quantitative estimate of drug-likeness (QED) is 0.918. The van der Waals surface area contributed by atoms with Crippen LogP contribution in [0.1, 0.15) is 31.7 Å². The summed E-state index contributed by atoms with van der Waals surface area (Å²) in [6, 6.07) is 5.75. The van der Waals surface area contributed by atoms with Crippen LogP contribution in [0.3, 0.4) is 0 Å². The van der Waals surface area contributed by atoms with Gasteiger partial charge >= 0.3 is 0 Å². The molecule has 5 heteroatoms. The summed E-state index contributed by atoms with van der Waals surface area (Å²) in [5, 5.41) is 7.31. The molecule has 1 unspecified atom stereocenters. The van der Waals surface area contributed by atoms with Crippen molar-refractivity contribution in [3.63, 3.8) is 0 Å². The Morgan fingerprint density at radius 2 is 2.14 bits per heavy atom. The number of hydrogen-bond acceptors (Lipinski definition) is 3. The highest BCUT2D eigenvalue weighted by atomic mass is 16.2. The molecule has 110 valence electrons. The van der Waals surface area contributed by atoms with Crippen molar-refractivity contribution in [3.8, 4) is 0 Å². The summed E-state index contributed by atoms with van der Waals surface area (Å²) >= 11 is 0. The number of carbonyl (C=O) groups excluding carboxylic acids is 1. The monoisotopic (exact) mass is 284 g/mol. The Morgan fingerprint density at radius 3 is 2.81 bits per heavy atom. The predicted molar refractivity (Wildman–Crippen MR) is 80.7 cm³/mol. The molecule has 1 atom stereocenters. The molecule has 0 saturated heterocycles. The van der Waals surface area contributed by atoms with Gasteiger partial charge in [-0.3, -0.25) is 14.5 Å². The summed E-state index contributed by atoms with van der Waals surface area (Å²) in [6.45, 7) is 2.68. The fourth-order valence-corrected chi connectivity index (χ4v) is 2.59. The number of aromatic nitrogens is 3. The summed E-state index contributed by atoms with van der Waals surface area (Å²) in [5.41, 5.74) is 1.13. The molecule has 0 radical (unpaired) electrons. The molecule has 1 N–H and O–H groups in total. The fourth-order valence-electron chi connectivity index (χ4n) is 2.59. The number of nitrogens with zero attached hydrogens (tertiary/aromatic N) is 3. The van der Waals surface area contributed by atoms with Crippen LogP contribution in [0.5, 0.6) is 0 Å². The molecule has 0 aliphatic heterocycles. The SMILES string of the molecule is CC(C(=O)Nc1ccn(Cc2ccncc2)n1)C1CCC1. The van der Waals surface area contributed by atoms with E-state index in [-0.39, 0.29) is 11.8 Å². The average molecular weight is 284 g/mol. The molecular weight excluding hydrogens is 264 g/mol. The van der Waals surface area contributed by atoms with Gasteiger partial charge in [0.15, 0.2) is 5.82 Å². The highest BCUT2D eigenvalue weighted by molar-refractivity contribution is 5.91. The molecule has 3 rings (SSSR count). The van der Waals surface area contributed by atoms with Crippen molar-refractivity contribution in [1.82, 2.24) is 14.8 Å². The molecular formula is C16H20N4O. The van der Waals surface area contributed by atoms with Crippen molar-refractivity contribution < 1.29 is 4.79 Å². The summed E-state index contributed by atoms with van der Waals surface area (Å²) in [5.74, 6) is 1.32. The number of carbonyl (C=O) groups is 1. The van der Waals surface area contributed by atoms with E-state index in [2.05, 4.69) is 15.4 Å². The molecule has 2 heterocycles. The maximum absolute atomic E-state index is 12.1. The molecule has 5 nitrogen and oxygen atoms in total. The van der Waals surface area contributed by atoms with E-state index in [1.165, 1.54) is 19.3 Å². The Bertz CT molecular complexity index is 604. The maximum atomic E-state index is 12.1.